The van der Waals surface area contributed by atoms with Crippen molar-refractivity contribution in [2.75, 3.05) is 16.6 Å². The number of hydrazone groups is 1. The summed E-state index contributed by atoms with van der Waals surface area (Å²) in [6.45, 7) is 0.616. The zero-order valence-corrected chi connectivity index (χ0v) is 12.3. The van der Waals surface area contributed by atoms with Crippen LogP contribution in [0.3, 0.4) is 0 Å². The van der Waals surface area contributed by atoms with Crippen LogP contribution in [0, 0.1) is 0 Å². The Labute approximate surface area is 133 Å². The molecule has 0 bridgehead atoms. The van der Waals surface area contributed by atoms with E-state index in [1.807, 2.05) is 11.1 Å². The molecule has 110 valence electrons. The molecule has 0 aliphatic carbocycles. The van der Waals surface area contributed by atoms with Gasteiger partial charge in [-0.25, -0.2) is 15.0 Å². The lowest BCUT2D eigenvalue weighted by Crippen LogP contribution is -2.34. The summed E-state index contributed by atoms with van der Waals surface area (Å²) in [4.78, 5) is 10.8. The molecule has 2 aromatic carbocycles. The standard InChI is InChI=1S/C18H13N5/c1-2-8-15-13(6-1)14-7-3-4-9-16(14)22-12-23(21-17(15)22)18-19-10-5-11-20-18/h1-11H,12H2. The van der Waals surface area contributed by atoms with Crippen LogP contribution < -0.4 is 9.91 Å². The summed E-state index contributed by atoms with van der Waals surface area (Å²) in [5, 5.41) is 6.61. The lowest BCUT2D eigenvalue weighted by atomic mass is 9.93. The van der Waals surface area contributed by atoms with Crippen molar-refractivity contribution in [1.29, 1.82) is 0 Å². The van der Waals surface area contributed by atoms with Crippen molar-refractivity contribution in [3.8, 4) is 11.1 Å². The first-order valence-corrected chi connectivity index (χ1v) is 7.51. The normalized spacial score (nSPS) is 14.9. The van der Waals surface area contributed by atoms with E-state index >= 15 is 0 Å². The van der Waals surface area contributed by atoms with Gasteiger partial charge >= 0.3 is 0 Å². The lowest BCUT2D eigenvalue weighted by Gasteiger charge is -2.29. The van der Waals surface area contributed by atoms with Crippen LogP contribution in [0.1, 0.15) is 5.56 Å². The van der Waals surface area contributed by atoms with E-state index in [0.29, 0.717) is 12.6 Å². The van der Waals surface area contributed by atoms with E-state index in [1.54, 1.807) is 12.4 Å². The molecule has 0 N–H and O–H groups in total. The molecule has 0 unspecified atom stereocenters. The number of fused-ring (bicyclic) bond motifs is 6. The maximum atomic E-state index is 4.77. The molecule has 3 heterocycles. The van der Waals surface area contributed by atoms with Crippen molar-refractivity contribution in [3.05, 3.63) is 72.6 Å². The van der Waals surface area contributed by atoms with Crippen molar-refractivity contribution >= 4 is 17.5 Å². The summed E-state index contributed by atoms with van der Waals surface area (Å²) in [7, 11) is 0. The van der Waals surface area contributed by atoms with Crippen molar-refractivity contribution in [1.82, 2.24) is 9.97 Å². The molecule has 5 nitrogen and oxygen atoms in total. The molecule has 23 heavy (non-hydrogen) atoms. The van der Waals surface area contributed by atoms with Gasteiger partial charge in [0.15, 0.2) is 5.84 Å². The van der Waals surface area contributed by atoms with Crippen LogP contribution in [0.4, 0.5) is 11.6 Å². The molecule has 5 heteroatoms. The SMILES string of the molecule is c1cnc(N2CN3C(=N2)c2ccccc2-c2ccccc23)nc1. The molecule has 2 aliphatic heterocycles. The number of nitrogens with zero attached hydrogens (tertiary/aromatic N) is 5. The first kappa shape index (κ1) is 12.3. The van der Waals surface area contributed by atoms with Crippen LogP contribution in [0.5, 0.6) is 0 Å². The van der Waals surface area contributed by atoms with Crippen LogP contribution in [-0.4, -0.2) is 22.5 Å². The number of amidine groups is 1. The largest absolute Gasteiger partial charge is 0.303 e. The molecule has 1 aromatic heterocycles. The van der Waals surface area contributed by atoms with E-state index in [4.69, 9.17) is 5.10 Å². The van der Waals surface area contributed by atoms with Gasteiger partial charge in [-0.15, -0.1) is 5.10 Å². The highest BCUT2D eigenvalue weighted by atomic mass is 15.6. The minimum atomic E-state index is 0.615. The smallest absolute Gasteiger partial charge is 0.247 e. The van der Waals surface area contributed by atoms with E-state index < -0.39 is 0 Å². The highest BCUT2D eigenvalue weighted by Gasteiger charge is 2.34. The van der Waals surface area contributed by atoms with E-state index in [2.05, 4.69) is 63.4 Å². The summed E-state index contributed by atoms with van der Waals surface area (Å²) in [5.74, 6) is 1.57. The maximum Gasteiger partial charge on any atom is 0.247 e. The van der Waals surface area contributed by atoms with Crippen molar-refractivity contribution in [3.63, 3.8) is 0 Å². The van der Waals surface area contributed by atoms with Gasteiger partial charge in [0.05, 0.1) is 5.69 Å². The monoisotopic (exact) mass is 299 g/mol. The lowest BCUT2D eigenvalue weighted by molar-refractivity contribution is 0.858. The predicted molar refractivity (Wildman–Crippen MR) is 90.3 cm³/mol. The predicted octanol–water partition coefficient (Wildman–Crippen LogP) is 3.10. The fraction of sp³-hybridized carbons (Fsp3) is 0.0556. The van der Waals surface area contributed by atoms with Gasteiger partial charge in [0.2, 0.25) is 5.95 Å². The van der Waals surface area contributed by atoms with Crippen LogP contribution in [-0.2, 0) is 0 Å². The molecule has 5 rings (SSSR count). The Bertz CT molecular complexity index is 919. The first-order valence-electron chi connectivity index (χ1n) is 7.51. The van der Waals surface area contributed by atoms with Gasteiger partial charge in [0.25, 0.3) is 0 Å². The average molecular weight is 299 g/mol. The van der Waals surface area contributed by atoms with Crippen molar-refractivity contribution in [2.45, 2.75) is 0 Å². The summed E-state index contributed by atoms with van der Waals surface area (Å²) in [6.07, 6.45) is 3.48. The second-order valence-electron chi connectivity index (χ2n) is 5.50. The zero-order valence-electron chi connectivity index (χ0n) is 12.3. The van der Waals surface area contributed by atoms with Crippen LogP contribution >= 0.6 is 0 Å². The molecule has 0 radical (unpaired) electrons. The van der Waals surface area contributed by atoms with Gasteiger partial charge in [-0.3, -0.25) is 0 Å². The number of para-hydroxylation sites is 1. The number of anilines is 2. The Hall–Kier alpha value is -3.21. The third-order valence-electron chi connectivity index (χ3n) is 4.18. The Morgan fingerprint density at radius 3 is 2.26 bits per heavy atom. The van der Waals surface area contributed by atoms with Gasteiger partial charge in [-0.05, 0) is 17.7 Å². The Morgan fingerprint density at radius 2 is 1.43 bits per heavy atom. The fourth-order valence-electron chi connectivity index (χ4n) is 3.17. The average Bonchev–Trinajstić information content (AvgIpc) is 3.09. The van der Waals surface area contributed by atoms with Crippen LogP contribution in [0.2, 0.25) is 0 Å². The number of hydrogen-bond donors (Lipinski definition) is 0. The van der Waals surface area contributed by atoms with E-state index in [9.17, 15) is 0 Å². The Morgan fingerprint density at radius 1 is 0.739 bits per heavy atom. The molecule has 0 fully saturated rings. The van der Waals surface area contributed by atoms with Gasteiger partial charge in [0.1, 0.15) is 6.67 Å². The summed E-state index contributed by atoms with van der Waals surface area (Å²) in [5.41, 5.74) is 4.76. The van der Waals surface area contributed by atoms with Crippen LogP contribution in [0.15, 0.2) is 72.1 Å². The second-order valence-corrected chi connectivity index (χ2v) is 5.50. The Kier molecular flexibility index (Phi) is 2.49. The van der Waals surface area contributed by atoms with Crippen LogP contribution in [0.25, 0.3) is 11.1 Å². The number of benzene rings is 2. The molecule has 2 aliphatic rings. The van der Waals surface area contributed by atoms with Gasteiger partial charge < -0.3 is 4.90 Å². The second kappa shape index (κ2) is 4.64. The Balaban J connectivity index is 1.71. The third kappa shape index (κ3) is 1.76. The van der Waals surface area contributed by atoms with Gasteiger partial charge in [-0.2, -0.15) is 0 Å². The summed E-state index contributed by atoms with van der Waals surface area (Å²) in [6, 6.07) is 18.6. The molecule has 0 amide bonds. The van der Waals surface area contributed by atoms with Crippen molar-refractivity contribution in [2.24, 2.45) is 5.10 Å². The van der Waals surface area contributed by atoms with Gasteiger partial charge in [0, 0.05) is 23.5 Å². The maximum absolute atomic E-state index is 4.77. The summed E-state index contributed by atoms with van der Waals surface area (Å²) >= 11 is 0. The van der Waals surface area contributed by atoms with E-state index in [1.165, 1.54) is 16.8 Å². The number of rotatable bonds is 1. The highest BCUT2D eigenvalue weighted by molar-refractivity contribution is 6.20. The fourth-order valence-corrected chi connectivity index (χ4v) is 3.17. The van der Waals surface area contributed by atoms with Crippen molar-refractivity contribution < 1.29 is 0 Å². The summed E-state index contributed by atoms with van der Waals surface area (Å²) < 4.78 is 0. The third-order valence-corrected chi connectivity index (χ3v) is 4.18. The first-order chi connectivity index (χ1) is 11.4. The molecular formula is C18H13N5. The minimum absolute atomic E-state index is 0.615. The number of hydrogen-bond acceptors (Lipinski definition) is 5. The zero-order chi connectivity index (χ0) is 15.2. The molecule has 0 atom stereocenters. The molecule has 0 spiro atoms. The topological polar surface area (TPSA) is 44.6 Å². The molecular weight excluding hydrogens is 286 g/mol. The number of aromatic nitrogens is 2. The highest BCUT2D eigenvalue weighted by Crippen LogP contribution is 2.41. The molecule has 0 saturated heterocycles. The van der Waals surface area contributed by atoms with E-state index in [0.717, 1.165) is 11.4 Å². The minimum Gasteiger partial charge on any atom is -0.303 e. The van der Waals surface area contributed by atoms with E-state index in [-0.39, 0.29) is 0 Å². The molecule has 0 saturated carbocycles. The molecule has 3 aromatic rings. The van der Waals surface area contributed by atoms with Gasteiger partial charge in [-0.1, -0.05) is 42.5 Å². The quantitative estimate of drug-likeness (QED) is 0.692.